The molecule has 0 atom stereocenters. The maximum Gasteiger partial charge on any atom is 0.372 e. The largest absolute Gasteiger partial charge is 0.475 e. The standard InChI is InChI=1S/C14H12N2O3/c1-9-3-2-4-12(11(9)7-15)16-8-10-5-6-19-13(10)14(17)18/h2-6,16H,8H2,1H3,(H,17,18). The molecule has 0 aliphatic rings. The van der Waals surface area contributed by atoms with E-state index in [1.165, 1.54) is 6.26 Å². The van der Waals surface area contributed by atoms with Gasteiger partial charge in [-0.05, 0) is 24.6 Å². The predicted molar refractivity (Wildman–Crippen MR) is 68.9 cm³/mol. The monoisotopic (exact) mass is 256 g/mol. The summed E-state index contributed by atoms with van der Waals surface area (Å²) in [5.74, 6) is -1.19. The summed E-state index contributed by atoms with van der Waals surface area (Å²) in [6, 6.07) is 9.20. The number of anilines is 1. The molecule has 2 N–H and O–H groups in total. The summed E-state index contributed by atoms with van der Waals surface area (Å²) in [7, 11) is 0. The summed E-state index contributed by atoms with van der Waals surface area (Å²) in [6.07, 6.45) is 1.34. The molecule has 1 aromatic heterocycles. The topological polar surface area (TPSA) is 86.3 Å². The van der Waals surface area contributed by atoms with E-state index in [4.69, 9.17) is 14.8 Å². The number of nitrogens with zero attached hydrogens (tertiary/aromatic N) is 1. The fourth-order valence-electron chi connectivity index (χ4n) is 1.82. The van der Waals surface area contributed by atoms with Crippen LogP contribution in [0.3, 0.4) is 0 Å². The Morgan fingerprint density at radius 1 is 1.47 bits per heavy atom. The Balaban J connectivity index is 2.20. The lowest BCUT2D eigenvalue weighted by molar-refractivity contribution is 0.0661. The van der Waals surface area contributed by atoms with Gasteiger partial charge in [0.1, 0.15) is 6.07 Å². The van der Waals surface area contributed by atoms with Crippen LogP contribution < -0.4 is 5.32 Å². The maximum atomic E-state index is 10.9. The Hall–Kier alpha value is -2.74. The second kappa shape index (κ2) is 5.27. The zero-order valence-electron chi connectivity index (χ0n) is 10.3. The smallest absolute Gasteiger partial charge is 0.372 e. The second-order valence-corrected chi connectivity index (χ2v) is 4.04. The average Bonchev–Trinajstić information content (AvgIpc) is 2.84. The van der Waals surface area contributed by atoms with E-state index in [0.29, 0.717) is 16.8 Å². The molecule has 5 nitrogen and oxygen atoms in total. The third-order valence-electron chi connectivity index (χ3n) is 2.79. The van der Waals surface area contributed by atoms with Gasteiger partial charge in [0.05, 0.1) is 17.5 Å². The molecule has 0 bridgehead atoms. The third-order valence-corrected chi connectivity index (χ3v) is 2.79. The Morgan fingerprint density at radius 2 is 2.26 bits per heavy atom. The van der Waals surface area contributed by atoms with Gasteiger partial charge in [-0.2, -0.15) is 5.26 Å². The molecule has 19 heavy (non-hydrogen) atoms. The lowest BCUT2D eigenvalue weighted by Crippen LogP contribution is -2.06. The Kier molecular flexibility index (Phi) is 3.53. The number of carboxylic acids is 1. The van der Waals surface area contributed by atoms with Gasteiger partial charge >= 0.3 is 5.97 Å². The minimum absolute atomic E-state index is 0.0846. The predicted octanol–water partition coefficient (Wildman–Crippen LogP) is 2.77. The van der Waals surface area contributed by atoms with E-state index in [-0.39, 0.29) is 12.3 Å². The Morgan fingerprint density at radius 3 is 2.95 bits per heavy atom. The number of rotatable bonds is 4. The number of nitriles is 1. The van der Waals surface area contributed by atoms with Crippen LogP contribution in [0.15, 0.2) is 34.9 Å². The number of benzene rings is 1. The van der Waals surface area contributed by atoms with E-state index in [2.05, 4.69) is 11.4 Å². The van der Waals surface area contributed by atoms with Crippen molar-refractivity contribution in [2.24, 2.45) is 0 Å². The van der Waals surface area contributed by atoms with Crippen LogP contribution in [-0.2, 0) is 6.54 Å². The maximum absolute atomic E-state index is 10.9. The number of carbonyl (C=O) groups is 1. The fraction of sp³-hybridized carbons (Fsp3) is 0.143. The van der Waals surface area contributed by atoms with Gasteiger partial charge in [0.25, 0.3) is 0 Å². The van der Waals surface area contributed by atoms with Crippen molar-refractivity contribution in [2.45, 2.75) is 13.5 Å². The number of nitrogens with one attached hydrogen (secondary N) is 1. The van der Waals surface area contributed by atoms with E-state index in [1.807, 2.05) is 19.1 Å². The number of aryl methyl sites for hydroxylation is 1. The van der Waals surface area contributed by atoms with Gasteiger partial charge in [-0.15, -0.1) is 0 Å². The van der Waals surface area contributed by atoms with E-state index < -0.39 is 5.97 Å². The number of hydrogen-bond donors (Lipinski definition) is 2. The Bertz CT molecular complexity index is 653. The zero-order chi connectivity index (χ0) is 13.8. The van der Waals surface area contributed by atoms with Crippen molar-refractivity contribution in [3.63, 3.8) is 0 Å². The number of furan rings is 1. The van der Waals surface area contributed by atoms with E-state index in [0.717, 1.165) is 5.56 Å². The summed E-state index contributed by atoms with van der Waals surface area (Å²) in [5, 5.41) is 21.1. The second-order valence-electron chi connectivity index (χ2n) is 4.04. The van der Waals surface area contributed by atoms with Crippen molar-refractivity contribution in [2.75, 3.05) is 5.32 Å². The summed E-state index contributed by atoms with van der Waals surface area (Å²) in [5.41, 5.74) is 2.65. The van der Waals surface area contributed by atoms with Crippen molar-refractivity contribution >= 4 is 11.7 Å². The molecule has 1 heterocycles. The van der Waals surface area contributed by atoms with Crippen LogP contribution in [-0.4, -0.2) is 11.1 Å². The fourth-order valence-corrected chi connectivity index (χ4v) is 1.82. The lowest BCUT2D eigenvalue weighted by Gasteiger charge is -2.09. The highest BCUT2D eigenvalue weighted by atomic mass is 16.4. The first-order valence-electron chi connectivity index (χ1n) is 5.66. The molecule has 0 unspecified atom stereocenters. The molecule has 0 amide bonds. The number of hydrogen-bond acceptors (Lipinski definition) is 4. The number of aromatic carboxylic acids is 1. The molecule has 0 fully saturated rings. The third kappa shape index (κ3) is 2.58. The highest BCUT2D eigenvalue weighted by Crippen LogP contribution is 2.20. The molecule has 2 aromatic rings. The van der Waals surface area contributed by atoms with E-state index >= 15 is 0 Å². The van der Waals surface area contributed by atoms with Crippen LogP contribution in [0.1, 0.15) is 27.2 Å². The van der Waals surface area contributed by atoms with Gasteiger partial charge in [-0.3, -0.25) is 0 Å². The normalized spacial score (nSPS) is 9.89. The summed E-state index contributed by atoms with van der Waals surface area (Å²) in [4.78, 5) is 10.9. The molecule has 0 aliphatic carbocycles. The van der Waals surface area contributed by atoms with Crippen LogP contribution in [0.4, 0.5) is 5.69 Å². The highest BCUT2D eigenvalue weighted by Gasteiger charge is 2.14. The highest BCUT2D eigenvalue weighted by molar-refractivity contribution is 5.86. The first-order valence-corrected chi connectivity index (χ1v) is 5.66. The molecule has 96 valence electrons. The van der Waals surface area contributed by atoms with Gasteiger partial charge in [0.15, 0.2) is 0 Å². The number of carboxylic acid groups (broad SMARTS) is 1. The van der Waals surface area contributed by atoms with Crippen molar-refractivity contribution < 1.29 is 14.3 Å². The van der Waals surface area contributed by atoms with Crippen molar-refractivity contribution in [3.05, 3.63) is 53.0 Å². The van der Waals surface area contributed by atoms with Crippen molar-refractivity contribution in [1.82, 2.24) is 0 Å². The van der Waals surface area contributed by atoms with Crippen LogP contribution in [0.5, 0.6) is 0 Å². The summed E-state index contributed by atoms with van der Waals surface area (Å²) >= 11 is 0. The molecule has 0 saturated carbocycles. The van der Waals surface area contributed by atoms with Gasteiger partial charge in [0.2, 0.25) is 5.76 Å². The van der Waals surface area contributed by atoms with E-state index in [1.54, 1.807) is 12.1 Å². The van der Waals surface area contributed by atoms with Gasteiger partial charge in [0, 0.05) is 12.1 Å². The molecule has 0 aliphatic heterocycles. The van der Waals surface area contributed by atoms with Gasteiger partial charge in [-0.1, -0.05) is 12.1 Å². The lowest BCUT2D eigenvalue weighted by atomic mass is 10.1. The average molecular weight is 256 g/mol. The zero-order valence-corrected chi connectivity index (χ0v) is 10.3. The Labute approximate surface area is 110 Å². The van der Waals surface area contributed by atoms with Crippen molar-refractivity contribution in [1.29, 1.82) is 5.26 Å². The van der Waals surface area contributed by atoms with Crippen LogP contribution in [0.2, 0.25) is 0 Å². The van der Waals surface area contributed by atoms with E-state index in [9.17, 15) is 4.79 Å². The summed E-state index contributed by atoms with van der Waals surface area (Å²) < 4.78 is 4.89. The first kappa shape index (κ1) is 12.7. The SMILES string of the molecule is Cc1cccc(NCc2ccoc2C(=O)O)c1C#N. The van der Waals surface area contributed by atoms with Gasteiger partial charge in [-0.25, -0.2) is 4.79 Å². The van der Waals surface area contributed by atoms with Crippen LogP contribution >= 0.6 is 0 Å². The van der Waals surface area contributed by atoms with Crippen LogP contribution in [0, 0.1) is 18.3 Å². The van der Waals surface area contributed by atoms with Gasteiger partial charge < -0.3 is 14.8 Å². The molecule has 1 aromatic carbocycles. The minimum Gasteiger partial charge on any atom is -0.475 e. The minimum atomic E-state index is -1.11. The summed E-state index contributed by atoms with van der Waals surface area (Å²) in [6.45, 7) is 2.14. The first-order chi connectivity index (χ1) is 9.13. The molecule has 0 saturated heterocycles. The molecular weight excluding hydrogens is 244 g/mol. The molecule has 0 spiro atoms. The molecule has 0 radical (unpaired) electrons. The molecule has 2 rings (SSSR count). The van der Waals surface area contributed by atoms with Crippen molar-refractivity contribution in [3.8, 4) is 6.07 Å². The molecular formula is C14H12N2O3. The van der Waals surface area contributed by atoms with Crippen LogP contribution in [0.25, 0.3) is 0 Å². The quantitative estimate of drug-likeness (QED) is 0.878. The molecule has 5 heteroatoms.